The van der Waals surface area contributed by atoms with Crippen LogP contribution in [0.5, 0.6) is 0 Å². The number of nitrogens with one attached hydrogen (secondary N) is 1. The van der Waals surface area contributed by atoms with Crippen LogP contribution in [0.25, 0.3) is 0 Å². The second kappa shape index (κ2) is 10.1. The lowest BCUT2D eigenvalue weighted by atomic mass is 10.1. The molecule has 0 fully saturated rings. The van der Waals surface area contributed by atoms with Crippen molar-refractivity contribution in [1.29, 1.82) is 0 Å². The van der Waals surface area contributed by atoms with Crippen molar-refractivity contribution in [2.24, 2.45) is 11.7 Å². The molecule has 3 N–H and O–H groups in total. The first-order valence-electron chi connectivity index (χ1n) is 9.04. The SMILES string of the molecule is CC(C)Cn1c(CCC(N)=O)nnc1SCC(=O)N[C@@H](C)c1ccccc1. The van der Waals surface area contributed by atoms with Crippen molar-refractivity contribution in [3.05, 3.63) is 41.7 Å². The zero-order chi connectivity index (χ0) is 19.8. The number of primary amides is 1. The molecule has 1 aromatic heterocycles. The van der Waals surface area contributed by atoms with Gasteiger partial charge in [-0.15, -0.1) is 10.2 Å². The van der Waals surface area contributed by atoms with Crippen LogP contribution in [0.4, 0.5) is 0 Å². The molecular formula is C19H27N5O2S. The van der Waals surface area contributed by atoms with Crippen molar-refractivity contribution >= 4 is 23.6 Å². The van der Waals surface area contributed by atoms with Gasteiger partial charge in [-0.2, -0.15) is 0 Å². The van der Waals surface area contributed by atoms with Crippen LogP contribution in [0.3, 0.4) is 0 Å². The number of hydrogen-bond donors (Lipinski definition) is 2. The predicted octanol–water partition coefficient (Wildman–Crippen LogP) is 2.32. The van der Waals surface area contributed by atoms with Gasteiger partial charge in [0.1, 0.15) is 5.82 Å². The van der Waals surface area contributed by atoms with Crippen molar-refractivity contribution in [2.45, 2.75) is 51.4 Å². The standard InChI is InChI=1S/C19H27N5O2S/c1-13(2)11-24-17(10-9-16(20)25)22-23-19(24)27-12-18(26)21-14(3)15-7-5-4-6-8-15/h4-8,13-14H,9-12H2,1-3H3,(H2,20,25)(H,21,26)/t14-/m0/s1. The van der Waals surface area contributed by atoms with Gasteiger partial charge in [-0.1, -0.05) is 55.9 Å². The monoisotopic (exact) mass is 389 g/mol. The third kappa shape index (κ3) is 6.71. The van der Waals surface area contributed by atoms with E-state index in [-0.39, 0.29) is 30.0 Å². The van der Waals surface area contributed by atoms with Crippen LogP contribution in [0.1, 0.15) is 44.6 Å². The molecule has 1 heterocycles. The number of nitrogens with zero attached hydrogens (tertiary/aromatic N) is 3. The van der Waals surface area contributed by atoms with E-state index in [9.17, 15) is 9.59 Å². The fourth-order valence-electron chi connectivity index (χ4n) is 2.63. The summed E-state index contributed by atoms with van der Waals surface area (Å²) in [7, 11) is 0. The number of hydrogen-bond acceptors (Lipinski definition) is 5. The minimum atomic E-state index is -0.363. The Kier molecular flexibility index (Phi) is 7.84. The van der Waals surface area contributed by atoms with Crippen LogP contribution in [0, 0.1) is 5.92 Å². The summed E-state index contributed by atoms with van der Waals surface area (Å²) in [4.78, 5) is 23.4. The normalized spacial score (nSPS) is 12.1. The smallest absolute Gasteiger partial charge is 0.230 e. The topological polar surface area (TPSA) is 103 Å². The molecule has 2 aromatic rings. The maximum absolute atomic E-state index is 12.3. The Labute approximate surface area is 164 Å². The maximum Gasteiger partial charge on any atom is 0.230 e. The number of aromatic nitrogens is 3. The van der Waals surface area contributed by atoms with Crippen molar-refractivity contribution < 1.29 is 9.59 Å². The number of nitrogens with two attached hydrogens (primary N) is 1. The molecule has 0 saturated heterocycles. The molecule has 0 unspecified atom stereocenters. The second-order valence-electron chi connectivity index (χ2n) is 6.86. The summed E-state index contributed by atoms with van der Waals surface area (Å²) in [6.07, 6.45) is 0.683. The molecule has 27 heavy (non-hydrogen) atoms. The Balaban J connectivity index is 1.97. The third-order valence-electron chi connectivity index (χ3n) is 3.95. The zero-order valence-corrected chi connectivity index (χ0v) is 16.8. The number of amides is 2. The first kappa shape index (κ1) is 21.0. The van der Waals surface area contributed by atoms with Gasteiger partial charge in [0.2, 0.25) is 11.8 Å². The molecule has 0 bridgehead atoms. The molecule has 7 nitrogen and oxygen atoms in total. The number of aryl methyl sites for hydroxylation is 1. The molecule has 0 saturated carbocycles. The summed E-state index contributed by atoms with van der Waals surface area (Å²) in [6, 6.07) is 9.78. The summed E-state index contributed by atoms with van der Waals surface area (Å²) in [5.41, 5.74) is 6.30. The first-order valence-corrected chi connectivity index (χ1v) is 10.0. The minimum absolute atomic E-state index is 0.0565. The summed E-state index contributed by atoms with van der Waals surface area (Å²) in [5, 5.41) is 12.1. The maximum atomic E-state index is 12.3. The molecule has 0 spiro atoms. The Hall–Kier alpha value is -2.35. The number of carbonyl (C=O) groups excluding carboxylic acids is 2. The van der Waals surface area contributed by atoms with Crippen LogP contribution < -0.4 is 11.1 Å². The van der Waals surface area contributed by atoms with Crippen molar-refractivity contribution in [3.63, 3.8) is 0 Å². The van der Waals surface area contributed by atoms with E-state index >= 15 is 0 Å². The Morgan fingerprint density at radius 3 is 2.52 bits per heavy atom. The fourth-order valence-corrected chi connectivity index (χ4v) is 3.41. The van der Waals surface area contributed by atoms with E-state index < -0.39 is 0 Å². The third-order valence-corrected chi connectivity index (χ3v) is 4.91. The van der Waals surface area contributed by atoms with Gasteiger partial charge in [-0.25, -0.2) is 0 Å². The van der Waals surface area contributed by atoms with Gasteiger partial charge in [0.25, 0.3) is 0 Å². The Bertz CT molecular complexity index is 761. The Morgan fingerprint density at radius 1 is 1.19 bits per heavy atom. The molecule has 0 aliphatic carbocycles. The van der Waals surface area contributed by atoms with Gasteiger partial charge in [0, 0.05) is 19.4 Å². The van der Waals surface area contributed by atoms with Crippen LogP contribution in [-0.2, 0) is 22.6 Å². The number of carbonyl (C=O) groups is 2. The van der Waals surface area contributed by atoms with Gasteiger partial charge in [-0.05, 0) is 18.4 Å². The highest BCUT2D eigenvalue weighted by molar-refractivity contribution is 7.99. The van der Waals surface area contributed by atoms with Crippen molar-refractivity contribution in [2.75, 3.05) is 5.75 Å². The summed E-state index contributed by atoms with van der Waals surface area (Å²) >= 11 is 1.35. The number of benzene rings is 1. The number of thioether (sulfide) groups is 1. The quantitative estimate of drug-likeness (QED) is 0.607. The lowest BCUT2D eigenvalue weighted by molar-refractivity contribution is -0.119. The first-order chi connectivity index (χ1) is 12.9. The van der Waals surface area contributed by atoms with Gasteiger partial charge < -0.3 is 15.6 Å². The van der Waals surface area contributed by atoms with E-state index in [0.29, 0.717) is 17.5 Å². The minimum Gasteiger partial charge on any atom is -0.370 e. The van der Waals surface area contributed by atoms with E-state index in [4.69, 9.17) is 5.73 Å². The van der Waals surface area contributed by atoms with E-state index in [1.807, 2.05) is 41.8 Å². The largest absolute Gasteiger partial charge is 0.370 e. The molecule has 2 amide bonds. The van der Waals surface area contributed by atoms with E-state index in [1.165, 1.54) is 11.8 Å². The van der Waals surface area contributed by atoms with E-state index in [0.717, 1.165) is 17.9 Å². The molecule has 0 radical (unpaired) electrons. The predicted molar refractivity (Wildman–Crippen MR) is 106 cm³/mol. The highest BCUT2D eigenvalue weighted by Crippen LogP contribution is 2.20. The van der Waals surface area contributed by atoms with Gasteiger partial charge in [0.15, 0.2) is 5.16 Å². The van der Waals surface area contributed by atoms with Gasteiger partial charge >= 0.3 is 0 Å². The Morgan fingerprint density at radius 2 is 1.89 bits per heavy atom. The summed E-state index contributed by atoms with van der Waals surface area (Å²) in [5.74, 6) is 0.942. The molecule has 0 aliphatic heterocycles. The average Bonchev–Trinajstić information content (AvgIpc) is 3.00. The molecule has 146 valence electrons. The van der Waals surface area contributed by atoms with Crippen LogP contribution in [-0.4, -0.2) is 32.3 Å². The second-order valence-corrected chi connectivity index (χ2v) is 7.80. The molecule has 1 aromatic carbocycles. The van der Waals surface area contributed by atoms with E-state index in [1.54, 1.807) is 0 Å². The average molecular weight is 390 g/mol. The summed E-state index contributed by atoms with van der Waals surface area (Å²) in [6.45, 7) is 6.88. The lowest BCUT2D eigenvalue weighted by Crippen LogP contribution is -2.28. The van der Waals surface area contributed by atoms with Gasteiger partial charge in [0.05, 0.1) is 11.8 Å². The van der Waals surface area contributed by atoms with Crippen LogP contribution >= 0.6 is 11.8 Å². The molecule has 0 aliphatic rings. The van der Waals surface area contributed by atoms with Crippen molar-refractivity contribution in [1.82, 2.24) is 20.1 Å². The lowest BCUT2D eigenvalue weighted by Gasteiger charge is -2.15. The zero-order valence-electron chi connectivity index (χ0n) is 16.0. The highest BCUT2D eigenvalue weighted by atomic mass is 32.2. The highest BCUT2D eigenvalue weighted by Gasteiger charge is 2.16. The summed E-state index contributed by atoms with van der Waals surface area (Å²) < 4.78 is 1.98. The van der Waals surface area contributed by atoms with Gasteiger partial charge in [-0.3, -0.25) is 9.59 Å². The fraction of sp³-hybridized carbons (Fsp3) is 0.474. The molecule has 8 heteroatoms. The van der Waals surface area contributed by atoms with E-state index in [2.05, 4.69) is 29.4 Å². The molecule has 2 rings (SSSR count). The van der Waals surface area contributed by atoms with Crippen LogP contribution in [0.2, 0.25) is 0 Å². The number of rotatable bonds is 10. The van der Waals surface area contributed by atoms with Crippen molar-refractivity contribution in [3.8, 4) is 0 Å². The van der Waals surface area contributed by atoms with Crippen LogP contribution in [0.15, 0.2) is 35.5 Å². The molecule has 1 atom stereocenters. The molecular weight excluding hydrogens is 362 g/mol.